The monoisotopic (exact) mass is 732 g/mol. The molecular weight excluding hydrogens is 701 g/mol. The number of benzene rings is 2. The Morgan fingerprint density at radius 1 is 1.00 bits per heavy atom. The predicted octanol–water partition coefficient (Wildman–Crippen LogP) is 7.42. The first-order valence-corrected chi connectivity index (χ1v) is 17.7. The number of amides is 2. The molecule has 1 N–H and O–H groups in total. The van der Waals surface area contributed by atoms with Crippen LogP contribution in [-0.2, 0) is 28.6 Å². The lowest BCUT2D eigenvalue weighted by molar-refractivity contribution is -0.148. The number of rotatable bonds is 11. The molecule has 49 heavy (non-hydrogen) atoms. The summed E-state index contributed by atoms with van der Waals surface area (Å²) in [7, 11) is -4.36. The first kappa shape index (κ1) is 36.6. The molecule has 0 aliphatic carbocycles. The second-order valence-corrected chi connectivity index (χ2v) is 14.6. The van der Waals surface area contributed by atoms with Gasteiger partial charge in [0.05, 0.1) is 18.1 Å². The Morgan fingerprint density at radius 2 is 1.63 bits per heavy atom. The van der Waals surface area contributed by atoms with Crippen LogP contribution in [0.15, 0.2) is 36.9 Å². The number of nitrogens with zero attached hydrogens (tertiary/aromatic N) is 1. The molecule has 2 aliphatic rings. The Bertz CT molecular complexity index is 1840. The van der Waals surface area contributed by atoms with Crippen molar-refractivity contribution in [1.82, 2.24) is 10.2 Å². The Labute approximate surface area is 280 Å². The first-order valence-electron chi connectivity index (χ1n) is 15.3. The summed E-state index contributed by atoms with van der Waals surface area (Å²) in [6, 6.07) is 2.70. The molecule has 4 atom stereocenters. The Balaban J connectivity index is 1.36. The van der Waals surface area contributed by atoms with Crippen molar-refractivity contribution in [2.24, 2.45) is 0 Å². The number of hydrogen-bond donors (Lipinski definition) is 1. The number of nitrogens with one attached hydrogen (secondary N) is 1. The summed E-state index contributed by atoms with van der Waals surface area (Å²) in [6.45, 7) is 6.40. The molecule has 1 unspecified atom stereocenters. The molecule has 2 aromatic carbocycles. The van der Waals surface area contributed by atoms with Gasteiger partial charge in [-0.15, -0.1) is 11.3 Å². The number of carbonyl (C=O) groups is 3. The summed E-state index contributed by atoms with van der Waals surface area (Å²) in [6.07, 6.45) is 2.17. The summed E-state index contributed by atoms with van der Waals surface area (Å²) in [4.78, 5) is 41.4. The van der Waals surface area contributed by atoms with E-state index in [1.54, 1.807) is 0 Å². The average Bonchev–Trinajstić information content (AvgIpc) is 3.68. The van der Waals surface area contributed by atoms with Crippen molar-refractivity contribution in [3.63, 3.8) is 0 Å². The third-order valence-electron chi connectivity index (χ3n) is 8.45. The molecule has 0 spiro atoms. The van der Waals surface area contributed by atoms with Crippen LogP contribution in [0.1, 0.15) is 61.2 Å². The van der Waals surface area contributed by atoms with Crippen molar-refractivity contribution in [3.05, 3.63) is 76.4 Å². The van der Waals surface area contributed by atoms with E-state index in [0.717, 1.165) is 22.3 Å². The highest BCUT2D eigenvalue weighted by Crippen LogP contribution is 2.66. The van der Waals surface area contributed by atoms with Gasteiger partial charge in [-0.1, -0.05) is 12.6 Å². The standard InChI is InChI=1S/C32H31F6N2O7PS/c1-4-32(38,48(44,45-5-2)46-6-3)17-10-13-21-16(14-17)15-22(49-21)29(41)39-19-9-7-8-18-11-12-20(40(18)30(19)42)31(43)47-28-26(36)24(34)23(33)25(35)27(28)37/h4,10,13-15,18-20H,1,5-9,11-12H2,2-3H3,(H,39,41)/t18-,19-,20-,32?/m0/s1. The Kier molecular flexibility index (Phi) is 10.6. The number of hydrogen-bond acceptors (Lipinski definition) is 8. The molecule has 3 aromatic rings. The molecule has 0 bridgehead atoms. The topological polar surface area (TPSA) is 111 Å². The largest absolute Gasteiger partial charge is 0.418 e. The van der Waals surface area contributed by atoms with Crippen LogP contribution in [0.3, 0.4) is 0 Å². The molecule has 0 radical (unpaired) electrons. The van der Waals surface area contributed by atoms with Gasteiger partial charge < -0.3 is 24.0 Å². The van der Waals surface area contributed by atoms with Crippen LogP contribution in [0.2, 0.25) is 0 Å². The minimum atomic E-state index is -4.36. The van der Waals surface area contributed by atoms with E-state index < -0.39 is 83.8 Å². The third kappa shape index (κ3) is 6.51. The van der Waals surface area contributed by atoms with E-state index in [1.807, 2.05) is 0 Å². The molecule has 5 rings (SSSR count). The van der Waals surface area contributed by atoms with Gasteiger partial charge in [0.25, 0.3) is 11.3 Å². The summed E-state index contributed by atoms with van der Waals surface area (Å²) < 4.78 is 115. The van der Waals surface area contributed by atoms with E-state index in [-0.39, 0.29) is 36.5 Å². The van der Waals surface area contributed by atoms with Crippen molar-refractivity contribution >= 4 is 46.8 Å². The number of alkyl halides is 1. The third-order valence-corrected chi connectivity index (χ3v) is 12.0. The molecule has 264 valence electrons. The minimum Gasteiger partial charge on any atom is -0.418 e. The molecule has 2 amide bonds. The number of ether oxygens (including phenoxy) is 1. The highest BCUT2D eigenvalue weighted by molar-refractivity contribution is 7.55. The van der Waals surface area contributed by atoms with Crippen molar-refractivity contribution in [3.8, 4) is 5.75 Å². The van der Waals surface area contributed by atoms with Crippen LogP contribution in [-0.4, -0.2) is 54.0 Å². The number of carbonyl (C=O) groups excluding carboxylic acids is 3. The second kappa shape index (κ2) is 14.3. The normalized spacial score (nSPS) is 20.9. The zero-order valence-electron chi connectivity index (χ0n) is 26.2. The zero-order valence-corrected chi connectivity index (χ0v) is 27.9. The van der Waals surface area contributed by atoms with Gasteiger partial charge in [-0.25, -0.2) is 22.4 Å². The Hall–Kier alpha value is -3.72. The molecule has 0 saturated carbocycles. The fourth-order valence-electron chi connectivity index (χ4n) is 6.12. The van der Waals surface area contributed by atoms with Crippen molar-refractivity contribution in [2.75, 3.05) is 13.2 Å². The minimum absolute atomic E-state index is 0.00968. The van der Waals surface area contributed by atoms with Crippen LogP contribution in [0.25, 0.3) is 10.1 Å². The molecule has 9 nitrogen and oxygen atoms in total. The quantitative estimate of drug-likeness (QED) is 0.0416. The smallest absolute Gasteiger partial charge is 0.376 e. The highest BCUT2D eigenvalue weighted by atomic mass is 32.1. The average molecular weight is 733 g/mol. The van der Waals surface area contributed by atoms with Gasteiger partial charge in [-0.3, -0.25) is 14.2 Å². The van der Waals surface area contributed by atoms with Crippen LogP contribution in [0, 0.1) is 29.1 Å². The number of esters is 1. The predicted molar refractivity (Wildman–Crippen MR) is 166 cm³/mol. The van der Waals surface area contributed by atoms with E-state index >= 15 is 4.39 Å². The maximum absolute atomic E-state index is 16.3. The van der Waals surface area contributed by atoms with Crippen LogP contribution < -0.4 is 10.1 Å². The van der Waals surface area contributed by atoms with E-state index in [2.05, 4.69) is 16.6 Å². The number of allylic oxidation sites excluding steroid dienone is 1. The number of fused-ring (bicyclic) bond motifs is 2. The lowest BCUT2D eigenvalue weighted by atomic mass is 10.1. The molecule has 2 aliphatic heterocycles. The summed E-state index contributed by atoms with van der Waals surface area (Å²) in [5.41, 5.74) is -0.0761. The van der Waals surface area contributed by atoms with Gasteiger partial charge in [-0.05, 0) is 75.6 Å². The van der Waals surface area contributed by atoms with Crippen LogP contribution in [0.4, 0.5) is 26.3 Å². The molecule has 2 saturated heterocycles. The van der Waals surface area contributed by atoms with E-state index in [0.29, 0.717) is 29.3 Å². The molecule has 1 aromatic heterocycles. The molecule has 2 fully saturated rings. The van der Waals surface area contributed by atoms with E-state index in [4.69, 9.17) is 9.05 Å². The maximum atomic E-state index is 16.3. The fourth-order valence-corrected chi connectivity index (χ4v) is 8.88. The summed E-state index contributed by atoms with van der Waals surface area (Å²) >= 11 is 1.04. The maximum Gasteiger partial charge on any atom is 0.376 e. The lowest BCUT2D eigenvalue weighted by Gasteiger charge is -2.30. The van der Waals surface area contributed by atoms with E-state index in [1.165, 1.54) is 38.1 Å². The summed E-state index contributed by atoms with van der Waals surface area (Å²) in [5.74, 6) is -16.2. The van der Waals surface area contributed by atoms with Gasteiger partial charge in [0.1, 0.15) is 12.1 Å². The number of thiophene rings is 1. The lowest BCUT2D eigenvalue weighted by Crippen LogP contribution is -2.53. The molecule has 17 heteroatoms. The van der Waals surface area contributed by atoms with Crippen LogP contribution in [0.5, 0.6) is 5.75 Å². The van der Waals surface area contributed by atoms with E-state index in [9.17, 15) is 40.9 Å². The van der Waals surface area contributed by atoms with Gasteiger partial charge in [0, 0.05) is 16.3 Å². The first-order chi connectivity index (χ1) is 23.2. The highest BCUT2D eigenvalue weighted by Gasteiger charge is 2.51. The zero-order chi connectivity index (χ0) is 35.8. The van der Waals surface area contributed by atoms with Gasteiger partial charge >= 0.3 is 13.6 Å². The van der Waals surface area contributed by atoms with Gasteiger partial charge in [0.2, 0.25) is 40.7 Å². The van der Waals surface area contributed by atoms with Crippen molar-refractivity contribution < 1.29 is 59.1 Å². The SMILES string of the molecule is C=CC(F)(c1ccc2sc(C(=O)N[C@H]3CCC[C@H]4CC[C@@H](C(=O)Oc5c(F)c(F)c(F)c(F)c5F)N4C3=O)cc2c1)P(=O)(OCC)OCC. The van der Waals surface area contributed by atoms with Gasteiger partial charge in [-0.2, -0.15) is 8.78 Å². The molecule has 3 heterocycles. The van der Waals surface area contributed by atoms with Gasteiger partial charge in [0.15, 0.2) is 0 Å². The summed E-state index contributed by atoms with van der Waals surface area (Å²) in [5, 5.41) is 0.365. The Morgan fingerprint density at radius 3 is 2.24 bits per heavy atom. The van der Waals surface area contributed by atoms with Crippen molar-refractivity contribution in [2.45, 2.75) is 69.5 Å². The van der Waals surface area contributed by atoms with Crippen molar-refractivity contribution in [1.29, 1.82) is 0 Å². The van der Waals surface area contributed by atoms with Crippen LogP contribution >= 0.6 is 18.9 Å². The number of halogens is 6. The molecular formula is C32H31F6N2O7PS. The second-order valence-electron chi connectivity index (χ2n) is 11.3. The fraction of sp³-hybridized carbons (Fsp3) is 0.406.